The number of rotatable bonds is 3. The Balaban J connectivity index is 2.16. The number of carbonyl (C=O) groups excluding carboxylic acids is 4. The van der Waals surface area contributed by atoms with E-state index in [2.05, 4.69) is 10.6 Å². The molecule has 0 radical (unpaired) electrons. The van der Waals surface area contributed by atoms with Gasteiger partial charge in [0.05, 0.1) is 5.52 Å². The zero-order chi connectivity index (χ0) is 20.4. The predicted molar refractivity (Wildman–Crippen MR) is 103 cm³/mol. The van der Waals surface area contributed by atoms with Crippen molar-refractivity contribution in [2.75, 3.05) is 5.32 Å². The smallest absolute Gasteiger partial charge is 0.335 e. The van der Waals surface area contributed by atoms with Gasteiger partial charge in [0.1, 0.15) is 5.69 Å². The second kappa shape index (κ2) is 7.36. The molecule has 0 unspecified atom stereocenters. The largest absolute Gasteiger partial charge is 0.493 e. The Morgan fingerprint density at radius 3 is 2.21 bits per heavy atom. The lowest BCUT2D eigenvalue weighted by molar-refractivity contribution is -0.117. The Morgan fingerprint density at radius 2 is 1.61 bits per heavy atom. The number of nitrogens with zero attached hydrogens (tertiary/aromatic N) is 1. The van der Waals surface area contributed by atoms with Crippen molar-refractivity contribution in [1.82, 2.24) is 9.88 Å². The number of fused-ring (bicyclic) bond motifs is 1. The highest BCUT2D eigenvalue weighted by Crippen LogP contribution is 2.37. The Morgan fingerprint density at radius 1 is 0.929 bits per heavy atom. The van der Waals surface area contributed by atoms with Gasteiger partial charge in [-0.15, -0.1) is 0 Å². The minimum atomic E-state index is -0.884. The molecule has 8 nitrogen and oxygen atoms in total. The SMILES string of the molecule is CC(=O)NC(=O)n1c(O)c(NC(=O)c2ccccc2)c2cc(C(C)=O)ccc21. The average molecular weight is 379 g/mol. The van der Waals surface area contributed by atoms with Crippen LogP contribution >= 0.6 is 0 Å². The fraction of sp³-hybridized carbons (Fsp3) is 0.100. The van der Waals surface area contributed by atoms with E-state index in [0.717, 1.165) is 11.5 Å². The van der Waals surface area contributed by atoms with E-state index in [9.17, 15) is 24.3 Å². The molecule has 0 spiro atoms. The van der Waals surface area contributed by atoms with Gasteiger partial charge >= 0.3 is 6.03 Å². The maximum atomic E-state index is 12.5. The number of carbonyl (C=O) groups is 4. The minimum absolute atomic E-state index is 0.0364. The van der Waals surface area contributed by atoms with Gasteiger partial charge in [-0.1, -0.05) is 18.2 Å². The van der Waals surface area contributed by atoms with Crippen LogP contribution in [0.5, 0.6) is 5.88 Å². The lowest BCUT2D eigenvalue weighted by atomic mass is 10.1. The molecule has 3 aromatic rings. The highest BCUT2D eigenvalue weighted by molar-refractivity contribution is 6.14. The van der Waals surface area contributed by atoms with Gasteiger partial charge in [0.2, 0.25) is 11.8 Å². The zero-order valence-corrected chi connectivity index (χ0v) is 15.1. The topological polar surface area (TPSA) is 118 Å². The highest BCUT2D eigenvalue weighted by atomic mass is 16.3. The van der Waals surface area contributed by atoms with E-state index in [1.54, 1.807) is 30.3 Å². The standard InChI is InChI=1S/C20H17N3O5/c1-11(24)14-8-9-16-15(10-14)17(19(27)23(16)20(28)21-12(2)25)22-18(26)13-6-4-3-5-7-13/h3-10,27H,1-2H3,(H,22,26)(H,21,25,28). The molecule has 0 bridgehead atoms. The first kappa shape index (κ1) is 18.8. The molecule has 3 N–H and O–H groups in total. The fourth-order valence-corrected chi connectivity index (χ4v) is 2.81. The number of ketones is 1. The number of hydrogen-bond acceptors (Lipinski definition) is 5. The Hall–Kier alpha value is -3.94. The third kappa shape index (κ3) is 3.48. The van der Waals surface area contributed by atoms with Gasteiger partial charge in [0, 0.05) is 23.4 Å². The van der Waals surface area contributed by atoms with Crippen molar-refractivity contribution in [3.8, 4) is 5.88 Å². The molecule has 142 valence electrons. The summed E-state index contributed by atoms with van der Waals surface area (Å²) in [5.74, 6) is -1.89. The van der Waals surface area contributed by atoms with E-state index in [4.69, 9.17) is 0 Å². The van der Waals surface area contributed by atoms with Gasteiger partial charge < -0.3 is 10.4 Å². The third-order valence-corrected chi connectivity index (χ3v) is 4.11. The first-order chi connectivity index (χ1) is 13.3. The van der Waals surface area contributed by atoms with Crippen LogP contribution in [0.1, 0.15) is 34.6 Å². The molecule has 3 amide bonds. The Labute approximate surface area is 159 Å². The zero-order valence-electron chi connectivity index (χ0n) is 15.1. The molecular formula is C20H17N3O5. The van der Waals surface area contributed by atoms with Crippen LogP contribution in [-0.2, 0) is 4.79 Å². The number of aromatic nitrogens is 1. The molecule has 0 fully saturated rings. The summed E-state index contributed by atoms with van der Waals surface area (Å²) in [5, 5.41) is 15.5. The highest BCUT2D eigenvalue weighted by Gasteiger charge is 2.24. The molecule has 0 saturated heterocycles. The normalized spacial score (nSPS) is 10.5. The van der Waals surface area contributed by atoms with Crippen LogP contribution in [0.2, 0.25) is 0 Å². The summed E-state index contributed by atoms with van der Waals surface area (Å²) in [4.78, 5) is 47.9. The summed E-state index contributed by atoms with van der Waals surface area (Å²) >= 11 is 0. The molecule has 0 aliphatic carbocycles. The van der Waals surface area contributed by atoms with E-state index in [1.165, 1.54) is 25.1 Å². The number of amides is 3. The van der Waals surface area contributed by atoms with Crippen LogP contribution in [0.25, 0.3) is 10.9 Å². The molecule has 8 heteroatoms. The van der Waals surface area contributed by atoms with Crippen LogP contribution in [0.4, 0.5) is 10.5 Å². The van der Waals surface area contributed by atoms with Crippen molar-refractivity contribution in [2.45, 2.75) is 13.8 Å². The molecule has 3 rings (SSSR count). The maximum absolute atomic E-state index is 12.5. The van der Waals surface area contributed by atoms with E-state index >= 15 is 0 Å². The number of aromatic hydroxyl groups is 1. The van der Waals surface area contributed by atoms with Crippen LogP contribution < -0.4 is 10.6 Å². The van der Waals surface area contributed by atoms with Gasteiger partial charge in [-0.05, 0) is 37.3 Å². The average Bonchev–Trinajstić information content (AvgIpc) is 2.93. The molecule has 1 heterocycles. The van der Waals surface area contributed by atoms with Crippen molar-refractivity contribution in [3.05, 3.63) is 59.7 Å². The number of Topliss-reactive ketones (excluding diaryl/α,β-unsaturated/α-hetero) is 1. The van der Waals surface area contributed by atoms with Gasteiger partial charge in [-0.3, -0.25) is 19.7 Å². The third-order valence-electron chi connectivity index (χ3n) is 4.11. The number of benzene rings is 2. The van der Waals surface area contributed by atoms with Crippen molar-refractivity contribution >= 4 is 40.2 Å². The summed E-state index contributed by atoms with van der Waals surface area (Å²) < 4.78 is 0.862. The second-order valence-electron chi connectivity index (χ2n) is 6.13. The monoisotopic (exact) mass is 379 g/mol. The first-order valence-electron chi connectivity index (χ1n) is 8.36. The Bertz CT molecular complexity index is 1120. The number of imide groups is 1. The van der Waals surface area contributed by atoms with Crippen molar-refractivity contribution in [3.63, 3.8) is 0 Å². The summed E-state index contributed by atoms with van der Waals surface area (Å²) in [7, 11) is 0. The van der Waals surface area contributed by atoms with Gasteiger partial charge in [-0.25, -0.2) is 9.36 Å². The van der Waals surface area contributed by atoms with Crippen molar-refractivity contribution in [1.29, 1.82) is 0 Å². The van der Waals surface area contributed by atoms with Crippen molar-refractivity contribution < 1.29 is 24.3 Å². The molecule has 0 atom stereocenters. The van der Waals surface area contributed by atoms with Gasteiger partial charge in [-0.2, -0.15) is 0 Å². The summed E-state index contributed by atoms with van der Waals surface area (Å²) in [6.07, 6.45) is 0. The molecule has 0 aliphatic heterocycles. The summed E-state index contributed by atoms with van der Waals surface area (Å²) in [6, 6.07) is 11.9. The lowest BCUT2D eigenvalue weighted by Crippen LogP contribution is -2.31. The van der Waals surface area contributed by atoms with E-state index in [1.807, 2.05) is 0 Å². The van der Waals surface area contributed by atoms with E-state index in [-0.39, 0.29) is 22.4 Å². The maximum Gasteiger partial charge on any atom is 0.335 e. The molecular weight excluding hydrogens is 362 g/mol. The molecule has 0 aliphatic rings. The van der Waals surface area contributed by atoms with Gasteiger partial charge in [0.25, 0.3) is 5.91 Å². The fourth-order valence-electron chi connectivity index (χ4n) is 2.81. The molecule has 1 aromatic heterocycles. The van der Waals surface area contributed by atoms with Gasteiger partial charge in [0.15, 0.2) is 5.78 Å². The Kier molecular flexibility index (Phi) is 4.95. The molecule has 2 aromatic carbocycles. The molecule has 0 saturated carbocycles. The summed E-state index contributed by atoms with van der Waals surface area (Å²) in [5.41, 5.74) is 0.876. The van der Waals surface area contributed by atoms with Crippen LogP contribution in [0, 0.1) is 0 Å². The predicted octanol–water partition coefficient (Wildman–Crippen LogP) is 2.91. The van der Waals surface area contributed by atoms with E-state index in [0.29, 0.717) is 11.1 Å². The first-order valence-corrected chi connectivity index (χ1v) is 8.36. The van der Waals surface area contributed by atoms with Crippen molar-refractivity contribution in [2.24, 2.45) is 0 Å². The number of nitrogens with one attached hydrogen (secondary N) is 2. The minimum Gasteiger partial charge on any atom is -0.493 e. The van der Waals surface area contributed by atoms with Crippen LogP contribution in [0.3, 0.4) is 0 Å². The van der Waals surface area contributed by atoms with E-state index < -0.39 is 23.7 Å². The quantitative estimate of drug-likeness (QED) is 0.605. The van der Waals surface area contributed by atoms with Crippen LogP contribution in [-0.4, -0.2) is 33.3 Å². The molecule has 28 heavy (non-hydrogen) atoms. The lowest BCUT2D eigenvalue weighted by Gasteiger charge is -2.06. The van der Waals surface area contributed by atoms with Crippen LogP contribution in [0.15, 0.2) is 48.5 Å². The second-order valence-corrected chi connectivity index (χ2v) is 6.13. The number of hydrogen-bond donors (Lipinski definition) is 3. The number of anilines is 1. The summed E-state index contributed by atoms with van der Waals surface area (Å²) in [6.45, 7) is 2.54.